The molecule has 2 unspecified atom stereocenters. The van der Waals surface area contributed by atoms with Gasteiger partial charge in [0.25, 0.3) is 0 Å². The van der Waals surface area contributed by atoms with Gasteiger partial charge >= 0.3 is 11.9 Å². The van der Waals surface area contributed by atoms with Crippen molar-refractivity contribution in [2.24, 2.45) is 10.9 Å². The van der Waals surface area contributed by atoms with E-state index in [0.717, 1.165) is 0 Å². The summed E-state index contributed by atoms with van der Waals surface area (Å²) in [5, 5.41) is 10.2. The summed E-state index contributed by atoms with van der Waals surface area (Å²) in [5.41, 5.74) is 1.63. The summed E-state index contributed by atoms with van der Waals surface area (Å²) in [6.45, 7) is 3.28. The Kier molecular flexibility index (Phi) is 5.12. The number of hydrogen-bond acceptors (Lipinski definition) is 4. The van der Waals surface area contributed by atoms with Crippen molar-refractivity contribution in [1.82, 2.24) is 0 Å². The van der Waals surface area contributed by atoms with Crippen LogP contribution in [0, 0.1) is 5.92 Å². The molecule has 23 heavy (non-hydrogen) atoms. The van der Waals surface area contributed by atoms with Crippen LogP contribution in [0.1, 0.15) is 25.3 Å². The number of aliphatic imine (C=N–C) groups is 1. The lowest BCUT2D eigenvalue weighted by Crippen LogP contribution is -2.35. The predicted molar refractivity (Wildman–Crippen MR) is 88.2 cm³/mol. The van der Waals surface area contributed by atoms with E-state index < -0.39 is 23.8 Å². The van der Waals surface area contributed by atoms with E-state index in [2.05, 4.69) is 4.99 Å². The maximum absolute atomic E-state index is 12.2. The molecule has 1 heterocycles. The molecule has 5 nitrogen and oxygen atoms in total. The number of esters is 1. The van der Waals surface area contributed by atoms with E-state index in [4.69, 9.17) is 27.9 Å². The number of rotatable bonds is 3. The Morgan fingerprint density at radius 1 is 1.22 bits per heavy atom. The average Bonchev–Trinajstić information content (AvgIpc) is 2.48. The molecule has 0 fully saturated rings. The highest BCUT2D eigenvalue weighted by atomic mass is 35.5. The van der Waals surface area contributed by atoms with Gasteiger partial charge in [0.1, 0.15) is 5.92 Å². The molecule has 0 aliphatic carbocycles. The molecule has 0 saturated carbocycles. The lowest BCUT2D eigenvalue weighted by Gasteiger charge is -2.30. The SMILES string of the molecule is COC(=O)C1=C(C)N=C(C)C(C(=O)O)C1c1ccc(Cl)c(Cl)c1. The topological polar surface area (TPSA) is 76.0 Å². The highest BCUT2D eigenvalue weighted by Crippen LogP contribution is 2.41. The van der Waals surface area contributed by atoms with Crippen molar-refractivity contribution in [1.29, 1.82) is 0 Å². The minimum absolute atomic E-state index is 0.212. The second-order valence-corrected chi connectivity index (χ2v) is 6.03. The van der Waals surface area contributed by atoms with E-state index in [0.29, 0.717) is 22.0 Å². The number of ether oxygens (including phenoxy) is 1. The van der Waals surface area contributed by atoms with Crippen molar-refractivity contribution in [3.05, 3.63) is 45.1 Å². The third-order valence-corrected chi connectivity index (χ3v) is 4.54. The van der Waals surface area contributed by atoms with Crippen LogP contribution in [0.2, 0.25) is 10.0 Å². The molecule has 0 amide bonds. The monoisotopic (exact) mass is 355 g/mol. The van der Waals surface area contributed by atoms with Gasteiger partial charge in [0, 0.05) is 17.3 Å². The van der Waals surface area contributed by atoms with Crippen molar-refractivity contribution in [2.45, 2.75) is 19.8 Å². The molecular formula is C16H15Cl2NO4. The quantitative estimate of drug-likeness (QED) is 0.838. The second kappa shape index (κ2) is 6.72. The highest BCUT2D eigenvalue weighted by molar-refractivity contribution is 6.42. The number of carbonyl (C=O) groups is 2. The first-order valence-corrected chi connectivity index (χ1v) is 7.55. The van der Waals surface area contributed by atoms with Crippen molar-refractivity contribution in [2.75, 3.05) is 7.11 Å². The van der Waals surface area contributed by atoms with Gasteiger partial charge in [-0.1, -0.05) is 29.3 Å². The molecule has 2 rings (SSSR count). The molecule has 1 N–H and O–H groups in total. The summed E-state index contributed by atoms with van der Waals surface area (Å²) < 4.78 is 4.81. The summed E-state index contributed by atoms with van der Waals surface area (Å²) in [5.74, 6) is -3.41. The molecule has 7 heteroatoms. The second-order valence-electron chi connectivity index (χ2n) is 5.21. The molecule has 0 aromatic heterocycles. The number of carboxylic acid groups (broad SMARTS) is 1. The summed E-state index contributed by atoms with van der Waals surface area (Å²) in [7, 11) is 1.25. The minimum atomic E-state index is -1.07. The molecule has 0 bridgehead atoms. The fraction of sp³-hybridized carbons (Fsp3) is 0.312. The van der Waals surface area contributed by atoms with Gasteiger partial charge in [-0.2, -0.15) is 0 Å². The largest absolute Gasteiger partial charge is 0.481 e. The minimum Gasteiger partial charge on any atom is -0.481 e. The number of benzene rings is 1. The van der Waals surface area contributed by atoms with E-state index in [1.165, 1.54) is 7.11 Å². The average molecular weight is 356 g/mol. The van der Waals surface area contributed by atoms with E-state index >= 15 is 0 Å². The van der Waals surface area contributed by atoms with Crippen LogP contribution < -0.4 is 0 Å². The van der Waals surface area contributed by atoms with Crippen LogP contribution >= 0.6 is 23.2 Å². The zero-order valence-electron chi connectivity index (χ0n) is 12.8. The molecule has 0 saturated heterocycles. The van der Waals surface area contributed by atoms with E-state index in [1.807, 2.05) is 0 Å². The van der Waals surface area contributed by atoms with Gasteiger partial charge in [-0.25, -0.2) is 4.79 Å². The molecular weight excluding hydrogens is 341 g/mol. The summed E-state index contributed by atoms with van der Waals surface area (Å²) in [6, 6.07) is 4.80. The van der Waals surface area contributed by atoms with Gasteiger partial charge in [-0.15, -0.1) is 0 Å². The Labute approximate surface area is 143 Å². The first-order chi connectivity index (χ1) is 10.8. The van der Waals surface area contributed by atoms with Crippen molar-refractivity contribution in [3.63, 3.8) is 0 Å². The molecule has 1 aromatic rings. The predicted octanol–water partition coefficient (Wildman–Crippen LogP) is 3.70. The summed E-state index contributed by atoms with van der Waals surface area (Å²) in [4.78, 5) is 28.1. The smallest absolute Gasteiger partial charge is 0.336 e. The number of methoxy groups -OCH3 is 1. The van der Waals surface area contributed by atoms with E-state index in [9.17, 15) is 14.7 Å². The zero-order chi connectivity index (χ0) is 17.3. The number of aliphatic carboxylic acids is 1. The Morgan fingerprint density at radius 2 is 1.87 bits per heavy atom. The van der Waals surface area contributed by atoms with Crippen LogP contribution in [-0.2, 0) is 14.3 Å². The zero-order valence-corrected chi connectivity index (χ0v) is 14.3. The Bertz CT molecular complexity index is 740. The fourth-order valence-electron chi connectivity index (χ4n) is 2.80. The number of carbonyl (C=O) groups excluding carboxylic acids is 1. The van der Waals surface area contributed by atoms with Crippen LogP contribution in [-0.4, -0.2) is 29.9 Å². The number of carboxylic acids is 1. The molecule has 1 aromatic carbocycles. The maximum Gasteiger partial charge on any atom is 0.336 e. The molecule has 0 radical (unpaired) electrons. The first-order valence-electron chi connectivity index (χ1n) is 6.80. The molecule has 122 valence electrons. The Balaban J connectivity index is 2.69. The van der Waals surface area contributed by atoms with Crippen LogP contribution in [0.15, 0.2) is 34.5 Å². The van der Waals surface area contributed by atoms with Crippen LogP contribution in [0.4, 0.5) is 0 Å². The number of halogens is 2. The van der Waals surface area contributed by atoms with Gasteiger partial charge in [0.15, 0.2) is 0 Å². The molecule has 1 aliphatic heterocycles. The summed E-state index contributed by atoms with van der Waals surface area (Å²) in [6.07, 6.45) is 0. The number of allylic oxidation sites excluding steroid dienone is 1. The number of nitrogens with zero attached hydrogens (tertiary/aromatic N) is 1. The normalized spacial score (nSPS) is 21.0. The van der Waals surface area contributed by atoms with Gasteiger partial charge in [-0.05, 0) is 31.5 Å². The fourth-order valence-corrected chi connectivity index (χ4v) is 3.10. The van der Waals surface area contributed by atoms with Crippen molar-refractivity contribution in [3.8, 4) is 0 Å². The van der Waals surface area contributed by atoms with Gasteiger partial charge in [0.05, 0.1) is 22.7 Å². The third-order valence-electron chi connectivity index (χ3n) is 3.80. The van der Waals surface area contributed by atoms with Gasteiger partial charge in [0.2, 0.25) is 0 Å². The van der Waals surface area contributed by atoms with Gasteiger partial charge < -0.3 is 9.84 Å². The maximum atomic E-state index is 12.2. The van der Waals surface area contributed by atoms with Crippen LogP contribution in [0.5, 0.6) is 0 Å². The van der Waals surface area contributed by atoms with Crippen molar-refractivity contribution < 1.29 is 19.4 Å². The van der Waals surface area contributed by atoms with Crippen LogP contribution in [0.25, 0.3) is 0 Å². The van der Waals surface area contributed by atoms with E-state index in [1.54, 1.807) is 32.0 Å². The van der Waals surface area contributed by atoms with Crippen LogP contribution in [0.3, 0.4) is 0 Å². The Hall–Kier alpha value is -1.85. The molecule has 0 spiro atoms. The highest BCUT2D eigenvalue weighted by Gasteiger charge is 2.41. The lowest BCUT2D eigenvalue weighted by molar-refractivity contribution is -0.140. The van der Waals surface area contributed by atoms with Gasteiger partial charge in [-0.3, -0.25) is 9.79 Å². The number of hydrogen-bond donors (Lipinski definition) is 1. The Morgan fingerprint density at radius 3 is 2.39 bits per heavy atom. The summed E-state index contributed by atoms with van der Waals surface area (Å²) >= 11 is 12.0. The third kappa shape index (κ3) is 3.26. The molecule has 2 atom stereocenters. The standard InChI is InChI=1S/C16H15Cl2NO4/c1-7-12(15(20)21)14(9-4-5-10(17)11(18)6-9)13(8(2)19-7)16(22)23-3/h4-6,12,14H,1-3H3,(H,20,21). The molecule has 1 aliphatic rings. The lowest BCUT2D eigenvalue weighted by atomic mass is 9.75. The van der Waals surface area contributed by atoms with E-state index in [-0.39, 0.29) is 10.6 Å². The van der Waals surface area contributed by atoms with Crippen molar-refractivity contribution >= 4 is 40.9 Å². The first kappa shape index (κ1) is 17.5.